The molecule has 17 heavy (non-hydrogen) atoms. The maximum atomic E-state index is 12.0. The van der Waals surface area contributed by atoms with Crippen LogP contribution in [0, 0.1) is 6.92 Å². The first-order chi connectivity index (χ1) is 8.04. The molecule has 0 aliphatic carbocycles. The Morgan fingerprint density at radius 1 is 1.24 bits per heavy atom. The second-order valence-corrected chi connectivity index (χ2v) is 3.99. The fourth-order valence-electron chi connectivity index (χ4n) is 1.56. The fourth-order valence-corrected chi connectivity index (χ4v) is 1.56. The topological polar surface area (TPSA) is 57.6 Å². The lowest BCUT2D eigenvalue weighted by Gasteiger charge is -2.19. The monoisotopic (exact) mass is 235 g/mol. The summed E-state index contributed by atoms with van der Waals surface area (Å²) in [6.45, 7) is 4.06. The summed E-state index contributed by atoms with van der Waals surface area (Å²) in [7, 11) is 0. The highest BCUT2D eigenvalue weighted by Crippen LogP contribution is 2.07. The molecule has 0 heterocycles. The Hall–Kier alpha value is -1.84. The number of carbonyl (C=O) groups is 2. The number of aliphatic carboxylic acids is 1. The molecule has 0 aliphatic rings. The fraction of sp³-hybridized carbons (Fsp3) is 0.385. The molecule has 0 spiro atoms. The Bertz CT molecular complexity index is 398. The van der Waals surface area contributed by atoms with Crippen LogP contribution >= 0.6 is 0 Å². The van der Waals surface area contributed by atoms with E-state index >= 15 is 0 Å². The Kier molecular flexibility index (Phi) is 4.69. The van der Waals surface area contributed by atoms with E-state index < -0.39 is 5.97 Å². The van der Waals surface area contributed by atoms with Gasteiger partial charge in [0.1, 0.15) is 6.54 Å². The van der Waals surface area contributed by atoms with E-state index in [1.807, 2.05) is 26.0 Å². The van der Waals surface area contributed by atoms with E-state index in [0.29, 0.717) is 12.1 Å². The first-order valence-electron chi connectivity index (χ1n) is 5.62. The molecule has 1 aromatic rings. The lowest BCUT2D eigenvalue weighted by Crippen LogP contribution is -2.36. The molecule has 4 heteroatoms. The van der Waals surface area contributed by atoms with E-state index in [1.165, 1.54) is 4.90 Å². The smallest absolute Gasteiger partial charge is 0.323 e. The summed E-state index contributed by atoms with van der Waals surface area (Å²) in [6.07, 6.45) is 0.741. The molecule has 0 unspecified atom stereocenters. The standard InChI is InChI=1S/C13H17NO3/c1-3-8-14(9-12(15)16)13(17)11-6-4-10(2)5-7-11/h4-7H,3,8-9H2,1-2H3,(H,15,16). The highest BCUT2D eigenvalue weighted by atomic mass is 16.4. The number of carboxylic acid groups (broad SMARTS) is 1. The number of carboxylic acids is 1. The van der Waals surface area contributed by atoms with Crippen LogP contribution in [-0.4, -0.2) is 35.0 Å². The number of benzene rings is 1. The van der Waals surface area contributed by atoms with Gasteiger partial charge in [0, 0.05) is 12.1 Å². The van der Waals surface area contributed by atoms with Crippen LogP contribution in [0.4, 0.5) is 0 Å². The molecule has 0 saturated carbocycles. The number of hydrogen-bond donors (Lipinski definition) is 1. The van der Waals surface area contributed by atoms with E-state index in [0.717, 1.165) is 12.0 Å². The van der Waals surface area contributed by atoms with Gasteiger partial charge in [0.2, 0.25) is 0 Å². The Morgan fingerprint density at radius 3 is 2.29 bits per heavy atom. The first-order valence-corrected chi connectivity index (χ1v) is 5.62. The minimum absolute atomic E-state index is 0.228. The average molecular weight is 235 g/mol. The SMILES string of the molecule is CCCN(CC(=O)O)C(=O)c1ccc(C)cc1. The number of aryl methyl sites for hydroxylation is 1. The van der Waals surface area contributed by atoms with Gasteiger partial charge in [-0.1, -0.05) is 24.6 Å². The van der Waals surface area contributed by atoms with Crippen molar-refractivity contribution in [3.8, 4) is 0 Å². The van der Waals surface area contributed by atoms with Crippen LogP contribution in [0.3, 0.4) is 0 Å². The van der Waals surface area contributed by atoms with Gasteiger partial charge in [0.15, 0.2) is 0 Å². The molecule has 0 radical (unpaired) electrons. The average Bonchev–Trinajstić information content (AvgIpc) is 2.28. The third-order valence-electron chi connectivity index (χ3n) is 2.41. The first kappa shape index (κ1) is 13.2. The predicted molar refractivity (Wildman–Crippen MR) is 65.0 cm³/mol. The maximum absolute atomic E-state index is 12.0. The molecule has 0 atom stereocenters. The van der Waals surface area contributed by atoms with Crippen LogP contribution in [0.2, 0.25) is 0 Å². The number of rotatable bonds is 5. The molecule has 1 rings (SSSR count). The lowest BCUT2D eigenvalue weighted by atomic mass is 10.1. The second kappa shape index (κ2) is 6.03. The molecular formula is C13H17NO3. The van der Waals surface area contributed by atoms with Gasteiger partial charge in [0.05, 0.1) is 0 Å². The highest BCUT2D eigenvalue weighted by Gasteiger charge is 2.17. The zero-order valence-corrected chi connectivity index (χ0v) is 10.1. The molecule has 0 aromatic heterocycles. The Labute approximate surface area is 101 Å². The van der Waals surface area contributed by atoms with Gasteiger partial charge in [0.25, 0.3) is 5.91 Å². The molecule has 92 valence electrons. The van der Waals surface area contributed by atoms with Crippen molar-refractivity contribution in [3.63, 3.8) is 0 Å². The van der Waals surface area contributed by atoms with Crippen molar-refractivity contribution in [3.05, 3.63) is 35.4 Å². The molecular weight excluding hydrogens is 218 g/mol. The van der Waals surface area contributed by atoms with Crippen LogP contribution < -0.4 is 0 Å². The molecule has 0 saturated heterocycles. The van der Waals surface area contributed by atoms with Crippen LogP contribution in [-0.2, 0) is 4.79 Å². The van der Waals surface area contributed by atoms with Crippen LogP contribution in [0.5, 0.6) is 0 Å². The summed E-state index contributed by atoms with van der Waals surface area (Å²) >= 11 is 0. The van der Waals surface area contributed by atoms with E-state index in [9.17, 15) is 9.59 Å². The van der Waals surface area contributed by atoms with Crippen LogP contribution in [0.15, 0.2) is 24.3 Å². The third kappa shape index (κ3) is 3.90. The molecule has 1 N–H and O–H groups in total. The summed E-state index contributed by atoms with van der Waals surface area (Å²) in [5, 5.41) is 8.76. The zero-order valence-electron chi connectivity index (χ0n) is 10.1. The zero-order chi connectivity index (χ0) is 12.8. The van der Waals surface area contributed by atoms with Gasteiger partial charge in [-0.3, -0.25) is 9.59 Å². The molecule has 4 nitrogen and oxygen atoms in total. The van der Waals surface area contributed by atoms with Crippen molar-refractivity contribution in [2.24, 2.45) is 0 Å². The Morgan fingerprint density at radius 2 is 1.82 bits per heavy atom. The van der Waals surface area contributed by atoms with Gasteiger partial charge in [-0.2, -0.15) is 0 Å². The van der Waals surface area contributed by atoms with E-state index in [1.54, 1.807) is 12.1 Å². The molecule has 0 bridgehead atoms. The molecule has 1 amide bonds. The predicted octanol–water partition coefficient (Wildman–Crippen LogP) is 1.93. The van der Waals surface area contributed by atoms with E-state index in [2.05, 4.69) is 0 Å². The van der Waals surface area contributed by atoms with Crippen molar-refractivity contribution >= 4 is 11.9 Å². The van der Waals surface area contributed by atoms with Crippen LogP contribution in [0.25, 0.3) is 0 Å². The maximum Gasteiger partial charge on any atom is 0.323 e. The number of nitrogens with zero attached hydrogens (tertiary/aromatic N) is 1. The summed E-state index contributed by atoms with van der Waals surface area (Å²) in [5.41, 5.74) is 1.60. The van der Waals surface area contributed by atoms with Gasteiger partial charge >= 0.3 is 5.97 Å². The minimum Gasteiger partial charge on any atom is -0.480 e. The minimum atomic E-state index is -0.987. The summed E-state index contributed by atoms with van der Waals surface area (Å²) < 4.78 is 0. The van der Waals surface area contributed by atoms with Gasteiger partial charge in [-0.05, 0) is 25.5 Å². The van der Waals surface area contributed by atoms with Crippen molar-refractivity contribution in [2.45, 2.75) is 20.3 Å². The number of amides is 1. The molecule has 1 aromatic carbocycles. The van der Waals surface area contributed by atoms with Gasteiger partial charge in [-0.15, -0.1) is 0 Å². The number of hydrogen-bond acceptors (Lipinski definition) is 2. The van der Waals surface area contributed by atoms with E-state index in [4.69, 9.17) is 5.11 Å². The van der Waals surface area contributed by atoms with Crippen molar-refractivity contribution in [1.82, 2.24) is 4.90 Å². The number of carbonyl (C=O) groups excluding carboxylic acids is 1. The highest BCUT2D eigenvalue weighted by molar-refractivity contribution is 5.95. The van der Waals surface area contributed by atoms with Crippen molar-refractivity contribution in [2.75, 3.05) is 13.1 Å². The molecule has 0 aliphatic heterocycles. The third-order valence-corrected chi connectivity index (χ3v) is 2.41. The van der Waals surface area contributed by atoms with Crippen molar-refractivity contribution < 1.29 is 14.7 Å². The van der Waals surface area contributed by atoms with Gasteiger partial charge < -0.3 is 10.0 Å². The normalized spacial score (nSPS) is 10.0. The van der Waals surface area contributed by atoms with Gasteiger partial charge in [-0.25, -0.2) is 0 Å². The lowest BCUT2D eigenvalue weighted by molar-refractivity contribution is -0.137. The Balaban J connectivity index is 2.83. The van der Waals surface area contributed by atoms with E-state index in [-0.39, 0.29) is 12.5 Å². The summed E-state index contributed by atoms with van der Waals surface area (Å²) in [5.74, 6) is -1.21. The second-order valence-electron chi connectivity index (χ2n) is 3.99. The quantitative estimate of drug-likeness (QED) is 0.848. The summed E-state index contributed by atoms with van der Waals surface area (Å²) in [6, 6.07) is 7.14. The van der Waals surface area contributed by atoms with Crippen molar-refractivity contribution in [1.29, 1.82) is 0 Å². The summed E-state index contributed by atoms with van der Waals surface area (Å²) in [4.78, 5) is 24.1. The van der Waals surface area contributed by atoms with Crippen LogP contribution in [0.1, 0.15) is 29.3 Å². The largest absolute Gasteiger partial charge is 0.480 e. The molecule has 0 fully saturated rings.